The van der Waals surface area contributed by atoms with E-state index < -0.39 is 0 Å². The second kappa shape index (κ2) is 29.2. The van der Waals surface area contributed by atoms with Crippen LogP contribution in [0.25, 0.3) is 0 Å². The fourth-order valence-corrected chi connectivity index (χ4v) is 1.62. The summed E-state index contributed by atoms with van der Waals surface area (Å²) < 4.78 is 0. The Hall–Kier alpha value is -0.820. The lowest BCUT2D eigenvalue weighted by Crippen LogP contribution is -2.26. The van der Waals surface area contributed by atoms with Crippen LogP contribution < -0.4 is 5.32 Å². The lowest BCUT2D eigenvalue weighted by molar-refractivity contribution is 0.414. The first-order chi connectivity index (χ1) is 11.0. The molecule has 1 nitrogen and oxygen atoms in total. The SMILES string of the molecule is C=C(C)CC.C=C/C=C/CCCC(CC(C)C)NC.CC.CC. The van der Waals surface area contributed by atoms with Gasteiger partial charge in [-0.2, -0.15) is 0 Å². The number of hydrogen-bond donors (Lipinski definition) is 1. The van der Waals surface area contributed by atoms with Crippen LogP contribution in [-0.2, 0) is 0 Å². The predicted octanol–water partition coefficient (Wildman–Crippen LogP) is 7.56. The van der Waals surface area contributed by atoms with E-state index in [1.54, 1.807) is 0 Å². The van der Waals surface area contributed by atoms with E-state index in [1.807, 2.05) is 46.8 Å². The zero-order valence-electron chi connectivity index (χ0n) is 17.8. The summed E-state index contributed by atoms with van der Waals surface area (Å²) in [6.45, 7) is 24.0. The highest BCUT2D eigenvalue weighted by atomic mass is 14.9. The summed E-state index contributed by atoms with van der Waals surface area (Å²) in [4.78, 5) is 0. The summed E-state index contributed by atoms with van der Waals surface area (Å²) in [6, 6.07) is 0.687. The number of nitrogens with one attached hydrogen (secondary N) is 1. The first-order valence-corrected chi connectivity index (χ1v) is 9.57. The molecule has 0 aromatic heterocycles. The van der Waals surface area contributed by atoms with Crippen molar-refractivity contribution >= 4 is 0 Å². The molecule has 140 valence electrons. The van der Waals surface area contributed by atoms with Gasteiger partial charge in [0.1, 0.15) is 0 Å². The Labute approximate surface area is 149 Å². The van der Waals surface area contributed by atoms with Crippen LogP contribution in [0.2, 0.25) is 0 Å². The van der Waals surface area contributed by atoms with Crippen molar-refractivity contribution in [2.45, 2.75) is 93.5 Å². The average Bonchev–Trinajstić information content (AvgIpc) is 2.57. The third-order valence-corrected chi connectivity index (χ3v) is 2.96. The Balaban J connectivity index is -0.000000167. The van der Waals surface area contributed by atoms with Crippen molar-refractivity contribution in [3.05, 3.63) is 37.0 Å². The molecule has 0 heterocycles. The molecular formula is C22H47N. The van der Waals surface area contributed by atoms with Crippen molar-refractivity contribution in [2.75, 3.05) is 7.05 Å². The van der Waals surface area contributed by atoms with Crippen molar-refractivity contribution in [1.82, 2.24) is 5.32 Å². The van der Waals surface area contributed by atoms with Gasteiger partial charge in [-0.25, -0.2) is 0 Å². The molecule has 23 heavy (non-hydrogen) atoms. The van der Waals surface area contributed by atoms with Gasteiger partial charge < -0.3 is 5.32 Å². The fraction of sp³-hybridized carbons (Fsp3) is 0.727. The lowest BCUT2D eigenvalue weighted by Gasteiger charge is -2.17. The molecule has 0 spiro atoms. The van der Waals surface area contributed by atoms with Crippen molar-refractivity contribution in [3.8, 4) is 0 Å². The zero-order chi connectivity index (χ0) is 19.1. The molecule has 1 atom stereocenters. The van der Waals surface area contributed by atoms with Crippen molar-refractivity contribution < 1.29 is 0 Å². The summed E-state index contributed by atoms with van der Waals surface area (Å²) >= 11 is 0. The van der Waals surface area contributed by atoms with E-state index in [0.717, 1.165) is 12.3 Å². The maximum Gasteiger partial charge on any atom is 0.00666 e. The van der Waals surface area contributed by atoms with E-state index in [1.165, 1.54) is 31.3 Å². The molecule has 0 rings (SSSR count). The summed E-state index contributed by atoms with van der Waals surface area (Å²) in [5.41, 5.74) is 1.25. The molecule has 1 N–H and O–H groups in total. The number of unbranched alkanes of at least 4 members (excludes halogenated alkanes) is 1. The third kappa shape index (κ3) is 38.7. The molecule has 0 aliphatic rings. The number of allylic oxidation sites excluding steroid dienone is 4. The largest absolute Gasteiger partial charge is 0.317 e. The van der Waals surface area contributed by atoms with Crippen LogP contribution in [0.5, 0.6) is 0 Å². The van der Waals surface area contributed by atoms with Gasteiger partial charge in [-0.1, -0.05) is 78.8 Å². The minimum atomic E-state index is 0.687. The van der Waals surface area contributed by atoms with Crippen molar-refractivity contribution in [1.29, 1.82) is 0 Å². The Bertz CT molecular complexity index is 238. The van der Waals surface area contributed by atoms with Gasteiger partial charge in [-0.3, -0.25) is 0 Å². The first kappa shape index (κ1) is 30.1. The summed E-state index contributed by atoms with van der Waals surface area (Å²) in [5, 5.41) is 3.38. The van der Waals surface area contributed by atoms with E-state index in [0.29, 0.717) is 6.04 Å². The quantitative estimate of drug-likeness (QED) is 0.262. The smallest absolute Gasteiger partial charge is 0.00666 e. The maximum atomic E-state index is 3.67. The van der Waals surface area contributed by atoms with E-state index in [-0.39, 0.29) is 0 Å². The molecule has 0 aliphatic heterocycles. The van der Waals surface area contributed by atoms with Gasteiger partial charge in [0, 0.05) is 6.04 Å². The predicted molar refractivity (Wildman–Crippen MR) is 113 cm³/mol. The summed E-state index contributed by atoms with van der Waals surface area (Å²) in [7, 11) is 2.06. The maximum absolute atomic E-state index is 3.67. The second-order valence-electron chi connectivity index (χ2n) is 5.52. The molecule has 0 aliphatic carbocycles. The number of rotatable bonds is 9. The molecule has 0 fully saturated rings. The van der Waals surface area contributed by atoms with Crippen molar-refractivity contribution in [2.24, 2.45) is 5.92 Å². The van der Waals surface area contributed by atoms with Crippen LogP contribution in [0.3, 0.4) is 0 Å². The first-order valence-electron chi connectivity index (χ1n) is 9.57. The van der Waals surface area contributed by atoms with E-state index >= 15 is 0 Å². The third-order valence-electron chi connectivity index (χ3n) is 2.96. The normalized spacial score (nSPS) is 10.5. The molecule has 1 unspecified atom stereocenters. The standard InChI is InChI=1S/C13H25N.C5H10.2C2H6/c1-5-6-7-8-9-10-13(14-4)11-12(2)3;1-4-5(2)3;2*1-2/h5-7,12-14H,1,8-11H2,2-4H3;2,4H2,1,3H3;2*1-2H3/b7-6+;;;. The molecule has 0 bridgehead atoms. The summed E-state index contributed by atoms with van der Waals surface area (Å²) in [6.07, 6.45) is 12.2. The average molecular weight is 326 g/mol. The summed E-state index contributed by atoms with van der Waals surface area (Å²) in [5.74, 6) is 0.788. The Kier molecular flexibility index (Phi) is 38.2. The highest BCUT2D eigenvalue weighted by Gasteiger charge is 2.06. The zero-order valence-corrected chi connectivity index (χ0v) is 17.8. The molecular weight excluding hydrogens is 278 g/mol. The minimum absolute atomic E-state index is 0.687. The van der Waals surface area contributed by atoms with Gasteiger partial charge in [-0.15, -0.1) is 6.58 Å². The number of hydrogen-bond acceptors (Lipinski definition) is 1. The van der Waals surface area contributed by atoms with Crippen LogP contribution in [0.4, 0.5) is 0 Å². The van der Waals surface area contributed by atoms with Crippen LogP contribution in [-0.4, -0.2) is 13.1 Å². The van der Waals surface area contributed by atoms with Gasteiger partial charge in [0.15, 0.2) is 0 Å². The van der Waals surface area contributed by atoms with Gasteiger partial charge in [-0.05, 0) is 52.0 Å². The Morgan fingerprint density at radius 1 is 1.13 bits per heavy atom. The highest BCUT2D eigenvalue weighted by Crippen LogP contribution is 2.10. The van der Waals surface area contributed by atoms with Crippen LogP contribution in [0, 0.1) is 5.92 Å². The Morgan fingerprint density at radius 2 is 1.61 bits per heavy atom. The monoisotopic (exact) mass is 325 g/mol. The van der Waals surface area contributed by atoms with Crippen LogP contribution in [0.1, 0.15) is 87.5 Å². The minimum Gasteiger partial charge on any atom is -0.317 e. The lowest BCUT2D eigenvalue weighted by atomic mass is 9.99. The van der Waals surface area contributed by atoms with E-state index in [2.05, 4.69) is 52.4 Å². The van der Waals surface area contributed by atoms with Crippen molar-refractivity contribution in [3.63, 3.8) is 0 Å². The van der Waals surface area contributed by atoms with Gasteiger partial charge in [0.2, 0.25) is 0 Å². The topological polar surface area (TPSA) is 12.0 Å². The molecule has 0 saturated carbocycles. The second-order valence-corrected chi connectivity index (χ2v) is 5.52. The Morgan fingerprint density at radius 3 is 1.91 bits per heavy atom. The van der Waals surface area contributed by atoms with Gasteiger partial charge in [0.25, 0.3) is 0 Å². The highest BCUT2D eigenvalue weighted by molar-refractivity contribution is 4.96. The molecule has 0 aromatic carbocycles. The molecule has 1 heteroatoms. The molecule has 0 amide bonds. The molecule has 0 aromatic rings. The van der Waals surface area contributed by atoms with Crippen LogP contribution >= 0.6 is 0 Å². The van der Waals surface area contributed by atoms with Gasteiger partial charge in [0.05, 0.1) is 0 Å². The molecule has 0 radical (unpaired) electrons. The van der Waals surface area contributed by atoms with Crippen LogP contribution in [0.15, 0.2) is 37.0 Å². The fourth-order valence-electron chi connectivity index (χ4n) is 1.62. The van der Waals surface area contributed by atoms with E-state index in [4.69, 9.17) is 0 Å². The molecule has 0 saturated heterocycles. The van der Waals surface area contributed by atoms with Gasteiger partial charge >= 0.3 is 0 Å². The van der Waals surface area contributed by atoms with E-state index in [9.17, 15) is 0 Å².